The van der Waals surface area contributed by atoms with Crippen LogP contribution in [0.2, 0.25) is 0 Å². The summed E-state index contributed by atoms with van der Waals surface area (Å²) in [7, 11) is 0. The maximum absolute atomic E-state index is 10.5. The smallest absolute Gasteiger partial charge is 0.122 e. The zero-order valence-electron chi connectivity index (χ0n) is 10.1. The summed E-state index contributed by atoms with van der Waals surface area (Å²) < 4.78 is 0.995. The fraction of sp³-hybridized carbons (Fsp3) is 0.0625. The minimum atomic E-state index is -0.709. The molecule has 3 aromatic rings. The Morgan fingerprint density at radius 1 is 0.947 bits per heavy atom. The molecule has 0 aliphatic carbocycles. The molecular formula is C16H12BrNO. The standard InChI is InChI=1S/C16H12BrNO/c17-13-7-5-12(6-8-13)16(19)15-14-4-2-1-3-11(14)9-10-18-15/h1-10,16,19H. The molecule has 3 rings (SSSR count). The van der Waals surface area contributed by atoms with Crippen LogP contribution >= 0.6 is 15.9 Å². The van der Waals surface area contributed by atoms with E-state index >= 15 is 0 Å². The Morgan fingerprint density at radius 2 is 1.68 bits per heavy atom. The van der Waals surface area contributed by atoms with Gasteiger partial charge < -0.3 is 5.11 Å². The molecule has 2 nitrogen and oxygen atoms in total. The average molecular weight is 314 g/mol. The second kappa shape index (κ2) is 5.11. The maximum Gasteiger partial charge on any atom is 0.122 e. The SMILES string of the molecule is OC(c1ccc(Br)cc1)c1nccc2ccccc12. The van der Waals surface area contributed by atoms with Crippen molar-refractivity contribution in [3.63, 3.8) is 0 Å². The Balaban J connectivity index is 2.11. The van der Waals surface area contributed by atoms with Crippen molar-refractivity contribution >= 4 is 26.7 Å². The summed E-state index contributed by atoms with van der Waals surface area (Å²) in [5, 5.41) is 12.6. The first-order chi connectivity index (χ1) is 9.25. The van der Waals surface area contributed by atoms with Crippen LogP contribution in [0.4, 0.5) is 0 Å². The lowest BCUT2D eigenvalue weighted by atomic mass is 10.0. The van der Waals surface area contributed by atoms with Gasteiger partial charge in [-0.2, -0.15) is 0 Å². The highest BCUT2D eigenvalue weighted by atomic mass is 79.9. The van der Waals surface area contributed by atoms with E-state index in [0.29, 0.717) is 5.69 Å². The van der Waals surface area contributed by atoms with Crippen LogP contribution in [0, 0.1) is 0 Å². The first-order valence-corrected chi connectivity index (χ1v) is 6.82. The Bertz CT molecular complexity index is 704. The summed E-state index contributed by atoms with van der Waals surface area (Å²) >= 11 is 3.39. The maximum atomic E-state index is 10.5. The normalized spacial score (nSPS) is 12.5. The molecule has 19 heavy (non-hydrogen) atoms. The van der Waals surface area contributed by atoms with E-state index in [-0.39, 0.29) is 0 Å². The summed E-state index contributed by atoms with van der Waals surface area (Å²) in [5.41, 5.74) is 1.53. The molecule has 0 aliphatic heterocycles. The van der Waals surface area contributed by atoms with Crippen molar-refractivity contribution in [2.45, 2.75) is 6.10 Å². The lowest BCUT2D eigenvalue weighted by molar-refractivity contribution is 0.217. The monoisotopic (exact) mass is 313 g/mol. The third-order valence-electron chi connectivity index (χ3n) is 3.15. The molecule has 0 saturated carbocycles. The van der Waals surface area contributed by atoms with Gasteiger partial charge >= 0.3 is 0 Å². The van der Waals surface area contributed by atoms with Crippen molar-refractivity contribution in [1.82, 2.24) is 4.98 Å². The van der Waals surface area contributed by atoms with Crippen LogP contribution in [-0.2, 0) is 0 Å². The van der Waals surface area contributed by atoms with Crippen molar-refractivity contribution in [3.8, 4) is 0 Å². The van der Waals surface area contributed by atoms with E-state index in [1.54, 1.807) is 6.20 Å². The Hall–Kier alpha value is -1.71. The highest BCUT2D eigenvalue weighted by Crippen LogP contribution is 2.27. The minimum absolute atomic E-state index is 0.695. The Labute approximate surface area is 119 Å². The molecule has 3 heteroatoms. The molecule has 1 atom stereocenters. The van der Waals surface area contributed by atoms with Gasteiger partial charge in [-0.25, -0.2) is 0 Å². The molecule has 0 saturated heterocycles. The van der Waals surface area contributed by atoms with Gasteiger partial charge in [0.05, 0.1) is 5.69 Å². The molecule has 0 spiro atoms. The second-order valence-electron chi connectivity index (χ2n) is 4.37. The number of benzene rings is 2. The predicted octanol–water partition coefficient (Wildman–Crippen LogP) is 4.08. The first-order valence-electron chi connectivity index (χ1n) is 6.03. The number of nitrogens with zero attached hydrogens (tertiary/aromatic N) is 1. The molecule has 0 bridgehead atoms. The van der Waals surface area contributed by atoms with Crippen LogP contribution in [0.15, 0.2) is 65.3 Å². The Kier molecular flexibility index (Phi) is 3.32. The highest BCUT2D eigenvalue weighted by Gasteiger charge is 2.14. The molecule has 0 aliphatic rings. The number of rotatable bonds is 2. The number of pyridine rings is 1. The third-order valence-corrected chi connectivity index (χ3v) is 3.68. The van der Waals surface area contributed by atoms with Crippen LogP contribution in [0.25, 0.3) is 10.8 Å². The van der Waals surface area contributed by atoms with Gasteiger partial charge in [-0.3, -0.25) is 4.98 Å². The molecule has 0 radical (unpaired) electrons. The first kappa shape index (κ1) is 12.3. The number of aliphatic hydroxyl groups is 1. The van der Waals surface area contributed by atoms with Crippen LogP contribution in [0.5, 0.6) is 0 Å². The van der Waals surface area contributed by atoms with E-state index in [4.69, 9.17) is 0 Å². The van der Waals surface area contributed by atoms with Crippen molar-refractivity contribution in [1.29, 1.82) is 0 Å². The molecule has 2 aromatic carbocycles. The zero-order valence-corrected chi connectivity index (χ0v) is 11.7. The fourth-order valence-electron chi connectivity index (χ4n) is 2.16. The minimum Gasteiger partial charge on any atom is -0.382 e. The molecule has 0 fully saturated rings. The lowest BCUT2D eigenvalue weighted by Gasteiger charge is -2.13. The van der Waals surface area contributed by atoms with Gasteiger partial charge in [0.15, 0.2) is 0 Å². The van der Waals surface area contributed by atoms with E-state index in [0.717, 1.165) is 20.8 Å². The van der Waals surface area contributed by atoms with Crippen molar-refractivity contribution in [2.24, 2.45) is 0 Å². The molecule has 1 N–H and O–H groups in total. The number of halogens is 1. The van der Waals surface area contributed by atoms with E-state index in [1.165, 1.54) is 0 Å². The van der Waals surface area contributed by atoms with E-state index in [1.807, 2.05) is 54.6 Å². The van der Waals surface area contributed by atoms with Gasteiger partial charge in [0, 0.05) is 16.1 Å². The summed E-state index contributed by atoms with van der Waals surface area (Å²) in [6.45, 7) is 0. The molecule has 94 valence electrons. The van der Waals surface area contributed by atoms with Crippen molar-refractivity contribution in [3.05, 3.63) is 76.5 Å². The van der Waals surface area contributed by atoms with Gasteiger partial charge in [0.1, 0.15) is 6.10 Å². The molecule has 1 aromatic heterocycles. The highest BCUT2D eigenvalue weighted by molar-refractivity contribution is 9.10. The summed E-state index contributed by atoms with van der Waals surface area (Å²) in [5.74, 6) is 0. The average Bonchev–Trinajstić information content (AvgIpc) is 2.47. The van der Waals surface area contributed by atoms with Crippen LogP contribution in [0.3, 0.4) is 0 Å². The van der Waals surface area contributed by atoms with Gasteiger partial charge in [-0.15, -0.1) is 0 Å². The van der Waals surface area contributed by atoms with Crippen LogP contribution < -0.4 is 0 Å². The quantitative estimate of drug-likeness (QED) is 0.773. The predicted molar refractivity (Wildman–Crippen MR) is 79.9 cm³/mol. The number of aromatic nitrogens is 1. The molecular weight excluding hydrogens is 302 g/mol. The summed E-state index contributed by atoms with van der Waals surface area (Å²) in [4.78, 5) is 4.34. The van der Waals surface area contributed by atoms with E-state index in [2.05, 4.69) is 20.9 Å². The number of fused-ring (bicyclic) bond motifs is 1. The largest absolute Gasteiger partial charge is 0.382 e. The van der Waals surface area contributed by atoms with Gasteiger partial charge in [-0.1, -0.05) is 52.3 Å². The number of hydrogen-bond donors (Lipinski definition) is 1. The van der Waals surface area contributed by atoms with Crippen LogP contribution in [0.1, 0.15) is 17.4 Å². The van der Waals surface area contributed by atoms with E-state index in [9.17, 15) is 5.11 Å². The third kappa shape index (κ3) is 2.39. The molecule has 1 unspecified atom stereocenters. The number of hydrogen-bond acceptors (Lipinski definition) is 2. The topological polar surface area (TPSA) is 33.1 Å². The van der Waals surface area contributed by atoms with Crippen molar-refractivity contribution < 1.29 is 5.11 Å². The van der Waals surface area contributed by atoms with Crippen LogP contribution in [-0.4, -0.2) is 10.1 Å². The Morgan fingerprint density at radius 3 is 2.47 bits per heavy atom. The molecule has 1 heterocycles. The van der Waals surface area contributed by atoms with Gasteiger partial charge in [0.25, 0.3) is 0 Å². The molecule has 0 amide bonds. The van der Waals surface area contributed by atoms with Crippen molar-refractivity contribution in [2.75, 3.05) is 0 Å². The zero-order chi connectivity index (χ0) is 13.2. The lowest BCUT2D eigenvalue weighted by Crippen LogP contribution is -2.02. The fourth-order valence-corrected chi connectivity index (χ4v) is 2.43. The number of aliphatic hydroxyl groups excluding tert-OH is 1. The van der Waals surface area contributed by atoms with E-state index < -0.39 is 6.10 Å². The summed E-state index contributed by atoms with van der Waals surface area (Å²) in [6, 6.07) is 17.5. The second-order valence-corrected chi connectivity index (χ2v) is 5.29. The van der Waals surface area contributed by atoms with Gasteiger partial charge in [0.2, 0.25) is 0 Å². The van der Waals surface area contributed by atoms with Gasteiger partial charge in [-0.05, 0) is 29.1 Å². The summed E-state index contributed by atoms with van der Waals surface area (Å²) in [6.07, 6.45) is 1.03.